The van der Waals surface area contributed by atoms with Gasteiger partial charge in [0.15, 0.2) is 0 Å². The third kappa shape index (κ3) is 2.73. The molecular formula is C10H16N4O3. The van der Waals surface area contributed by atoms with Gasteiger partial charge in [-0.25, -0.2) is 4.79 Å². The van der Waals surface area contributed by atoms with E-state index >= 15 is 0 Å². The predicted octanol–water partition coefficient (Wildman–Crippen LogP) is -1.47. The maximum absolute atomic E-state index is 11.9. The molecule has 0 aromatic carbocycles. The van der Waals surface area contributed by atoms with Crippen LogP contribution in [-0.2, 0) is 9.59 Å². The van der Waals surface area contributed by atoms with Gasteiger partial charge >= 0.3 is 6.03 Å². The van der Waals surface area contributed by atoms with Crippen LogP contribution in [0, 0.1) is 0 Å². The quantitative estimate of drug-likeness (QED) is 0.403. The molecule has 17 heavy (non-hydrogen) atoms. The van der Waals surface area contributed by atoms with Crippen LogP contribution in [0.15, 0.2) is 0 Å². The minimum absolute atomic E-state index is 0.0992. The van der Waals surface area contributed by atoms with Crippen LogP contribution >= 0.6 is 0 Å². The van der Waals surface area contributed by atoms with E-state index in [1.165, 1.54) is 4.90 Å². The number of nitrogens with one attached hydrogen (secondary N) is 2. The topological polar surface area (TPSA) is 105 Å². The second-order valence-corrected chi connectivity index (χ2v) is 4.34. The lowest BCUT2D eigenvalue weighted by Gasteiger charge is -2.14. The Morgan fingerprint density at radius 3 is 2.65 bits per heavy atom. The second kappa shape index (κ2) is 4.70. The highest BCUT2D eigenvalue weighted by atomic mass is 16.2. The van der Waals surface area contributed by atoms with Crippen molar-refractivity contribution >= 4 is 17.8 Å². The zero-order valence-corrected chi connectivity index (χ0v) is 9.44. The molecule has 1 aliphatic heterocycles. The lowest BCUT2D eigenvalue weighted by molar-refractivity contribution is -0.139. The summed E-state index contributed by atoms with van der Waals surface area (Å²) < 4.78 is 0. The Bertz CT molecular complexity index is 353. The molecule has 2 fully saturated rings. The number of primary amides is 1. The third-order valence-corrected chi connectivity index (χ3v) is 2.91. The Labute approximate surface area is 98.7 Å². The SMILES string of the molecule is NC(=O)NCCNC1CC(=O)N(C2CC2)C1=O. The molecular weight excluding hydrogens is 224 g/mol. The fourth-order valence-corrected chi connectivity index (χ4v) is 1.96. The number of imide groups is 1. The van der Waals surface area contributed by atoms with Gasteiger partial charge in [-0.3, -0.25) is 14.5 Å². The molecule has 4 amide bonds. The molecule has 1 aliphatic carbocycles. The van der Waals surface area contributed by atoms with E-state index in [0.717, 1.165) is 12.8 Å². The highest BCUT2D eigenvalue weighted by molar-refractivity contribution is 6.06. The molecule has 2 aliphatic rings. The average molecular weight is 240 g/mol. The van der Waals surface area contributed by atoms with Crippen LogP contribution < -0.4 is 16.4 Å². The highest BCUT2D eigenvalue weighted by Gasteiger charge is 2.45. The molecule has 0 bridgehead atoms. The summed E-state index contributed by atoms with van der Waals surface area (Å²) in [4.78, 5) is 35.2. The van der Waals surface area contributed by atoms with Crippen molar-refractivity contribution in [3.63, 3.8) is 0 Å². The number of likely N-dealkylation sites (tertiary alicyclic amines) is 1. The van der Waals surface area contributed by atoms with Crippen molar-refractivity contribution in [2.45, 2.75) is 31.3 Å². The molecule has 0 radical (unpaired) electrons. The van der Waals surface area contributed by atoms with E-state index in [4.69, 9.17) is 5.73 Å². The summed E-state index contributed by atoms with van der Waals surface area (Å²) in [7, 11) is 0. The maximum Gasteiger partial charge on any atom is 0.312 e. The zero-order valence-electron chi connectivity index (χ0n) is 9.44. The average Bonchev–Trinajstić information content (AvgIpc) is 3.02. The van der Waals surface area contributed by atoms with E-state index in [1.807, 2.05) is 0 Å². The number of nitrogens with two attached hydrogens (primary N) is 1. The van der Waals surface area contributed by atoms with E-state index in [-0.39, 0.29) is 24.3 Å². The van der Waals surface area contributed by atoms with Crippen LogP contribution in [0.5, 0.6) is 0 Å². The molecule has 7 nitrogen and oxygen atoms in total. The van der Waals surface area contributed by atoms with Crippen LogP contribution in [0.2, 0.25) is 0 Å². The van der Waals surface area contributed by atoms with Crippen LogP contribution in [-0.4, -0.2) is 47.9 Å². The van der Waals surface area contributed by atoms with E-state index in [1.54, 1.807) is 0 Å². The summed E-state index contributed by atoms with van der Waals surface area (Å²) in [5.74, 6) is -0.241. The van der Waals surface area contributed by atoms with Gasteiger partial charge in [0.05, 0.1) is 12.5 Å². The summed E-state index contributed by atoms with van der Waals surface area (Å²) in [6.07, 6.45) is 2.06. The van der Waals surface area contributed by atoms with Gasteiger partial charge in [0, 0.05) is 19.1 Å². The summed E-state index contributed by atoms with van der Waals surface area (Å²) in [5, 5.41) is 5.36. The molecule has 2 rings (SSSR count). The first-order valence-corrected chi connectivity index (χ1v) is 5.72. The third-order valence-electron chi connectivity index (χ3n) is 2.91. The van der Waals surface area contributed by atoms with Crippen LogP contribution in [0.1, 0.15) is 19.3 Å². The fourth-order valence-electron chi connectivity index (χ4n) is 1.96. The molecule has 0 spiro atoms. The molecule has 1 heterocycles. The molecule has 1 unspecified atom stereocenters. The molecule has 7 heteroatoms. The smallest absolute Gasteiger partial charge is 0.312 e. The van der Waals surface area contributed by atoms with Crippen molar-refractivity contribution in [3.8, 4) is 0 Å². The number of hydrogen-bond acceptors (Lipinski definition) is 4. The first-order chi connectivity index (χ1) is 8.09. The van der Waals surface area contributed by atoms with Crippen molar-refractivity contribution in [3.05, 3.63) is 0 Å². The normalized spacial score (nSPS) is 24.2. The standard InChI is InChI=1S/C10H16N4O3/c11-10(17)13-4-3-12-7-5-8(15)14(9(7)16)6-1-2-6/h6-7,12H,1-5H2,(H3,11,13,17). The Morgan fingerprint density at radius 2 is 2.06 bits per heavy atom. The summed E-state index contributed by atoms with van der Waals surface area (Å²) in [6, 6.07) is -0.913. The second-order valence-electron chi connectivity index (χ2n) is 4.34. The highest BCUT2D eigenvalue weighted by Crippen LogP contribution is 2.31. The van der Waals surface area contributed by atoms with E-state index in [0.29, 0.717) is 13.1 Å². The molecule has 4 N–H and O–H groups in total. The molecule has 1 saturated heterocycles. The van der Waals surface area contributed by atoms with E-state index < -0.39 is 12.1 Å². The van der Waals surface area contributed by atoms with Gasteiger partial charge in [0.1, 0.15) is 0 Å². The van der Waals surface area contributed by atoms with E-state index in [2.05, 4.69) is 10.6 Å². The number of rotatable bonds is 5. The van der Waals surface area contributed by atoms with Gasteiger partial charge < -0.3 is 16.4 Å². The largest absolute Gasteiger partial charge is 0.352 e. The number of nitrogens with zero attached hydrogens (tertiary/aromatic N) is 1. The van der Waals surface area contributed by atoms with Gasteiger partial charge in [-0.1, -0.05) is 0 Å². The van der Waals surface area contributed by atoms with Gasteiger partial charge in [0.25, 0.3) is 0 Å². The molecule has 0 aromatic rings. The monoisotopic (exact) mass is 240 g/mol. The molecule has 0 aromatic heterocycles. The van der Waals surface area contributed by atoms with Crippen molar-refractivity contribution in [1.82, 2.24) is 15.5 Å². The van der Waals surface area contributed by atoms with Crippen molar-refractivity contribution < 1.29 is 14.4 Å². The number of amides is 4. The lowest BCUT2D eigenvalue weighted by Crippen LogP contribution is -2.43. The Balaban J connectivity index is 1.76. The van der Waals surface area contributed by atoms with E-state index in [9.17, 15) is 14.4 Å². The minimum Gasteiger partial charge on any atom is -0.352 e. The number of urea groups is 1. The first kappa shape index (κ1) is 11.8. The first-order valence-electron chi connectivity index (χ1n) is 5.72. The van der Waals surface area contributed by atoms with Gasteiger partial charge in [0.2, 0.25) is 11.8 Å². The summed E-state index contributed by atoms with van der Waals surface area (Å²) in [5.41, 5.74) is 4.90. The number of hydrogen-bond donors (Lipinski definition) is 3. The van der Waals surface area contributed by atoms with Gasteiger partial charge in [-0.05, 0) is 12.8 Å². The molecule has 1 saturated carbocycles. The minimum atomic E-state index is -0.597. The Hall–Kier alpha value is -1.63. The zero-order chi connectivity index (χ0) is 12.4. The van der Waals surface area contributed by atoms with Crippen molar-refractivity contribution in [2.75, 3.05) is 13.1 Å². The van der Waals surface area contributed by atoms with Crippen LogP contribution in [0.3, 0.4) is 0 Å². The molecule has 94 valence electrons. The van der Waals surface area contributed by atoms with Crippen molar-refractivity contribution in [2.24, 2.45) is 5.73 Å². The maximum atomic E-state index is 11.9. The predicted molar refractivity (Wildman–Crippen MR) is 58.9 cm³/mol. The van der Waals surface area contributed by atoms with Gasteiger partial charge in [-0.15, -0.1) is 0 Å². The Kier molecular flexibility index (Phi) is 3.28. The van der Waals surface area contributed by atoms with Crippen LogP contribution in [0.4, 0.5) is 4.79 Å². The van der Waals surface area contributed by atoms with Gasteiger partial charge in [-0.2, -0.15) is 0 Å². The van der Waals surface area contributed by atoms with Crippen LogP contribution in [0.25, 0.3) is 0 Å². The molecule has 1 atom stereocenters. The fraction of sp³-hybridized carbons (Fsp3) is 0.700. The number of carbonyl (C=O) groups excluding carboxylic acids is 3. The summed E-state index contributed by atoms with van der Waals surface area (Å²) >= 11 is 0. The summed E-state index contributed by atoms with van der Waals surface area (Å²) in [6.45, 7) is 0.766. The Morgan fingerprint density at radius 1 is 1.35 bits per heavy atom. The lowest BCUT2D eigenvalue weighted by atomic mass is 10.2. The number of carbonyl (C=O) groups is 3. The van der Waals surface area contributed by atoms with Crippen molar-refractivity contribution in [1.29, 1.82) is 0 Å².